The molecule has 1 N–H and O–H groups in total. The number of rotatable bonds is 7. The van der Waals surface area contributed by atoms with Crippen molar-refractivity contribution in [1.82, 2.24) is 0 Å². The van der Waals surface area contributed by atoms with E-state index in [0.29, 0.717) is 19.8 Å². The van der Waals surface area contributed by atoms with Gasteiger partial charge in [-0.2, -0.15) is 0 Å². The molecule has 3 nitrogen and oxygen atoms in total. The van der Waals surface area contributed by atoms with Crippen LogP contribution < -0.4 is 12.4 Å². The smallest absolute Gasteiger partial charge is 0.126 e. The molecular weight excluding hydrogens is 250 g/mol. The van der Waals surface area contributed by atoms with Crippen molar-refractivity contribution in [3.8, 4) is 0 Å². The SMILES string of the molecule is C[N+](C)(C)CC(O)COCCc1ccccc1.[Cl-]. The largest absolute Gasteiger partial charge is 1.00 e. The van der Waals surface area contributed by atoms with E-state index >= 15 is 0 Å². The van der Waals surface area contributed by atoms with Crippen molar-refractivity contribution >= 4 is 0 Å². The van der Waals surface area contributed by atoms with Crippen LogP contribution in [0.1, 0.15) is 5.56 Å². The molecule has 0 fully saturated rings. The van der Waals surface area contributed by atoms with Crippen LogP contribution in [0.4, 0.5) is 0 Å². The Bertz CT molecular complexity index is 311. The zero-order valence-electron chi connectivity index (χ0n) is 11.5. The van der Waals surface area contributed by atoms with Gasteiger partial charge in [0.1, 0.15) is 12.6 Å². The Balaban J connectivity index is 0.00000289. The fraction of sp³-hybridized carbons (Fsp3) is 0.571. The van der Waals surface area contributed by atoms with E-state index < -0.39 is 0 Å². The van der Waals surface area contributed by atoms with Gasteiger partial charge in [0.2, 0.25) is 0 Å². The Labute approximate surface area is 116 Å². The van der Waals surface area contributed by atoms with Gasteiger partial charge in [0.25, 0.3) is 0 Å². The van der Waals surface area contributed by atoms with Crippen molar-refractivity contribution in [2.45, 2.75) is 12.5 Å². The van der Waals surface area contributed by atoms with Crippen LogP contribution in [0.2, 0.25) is 0 Å². The minimum absolute atomic E-state index is 0. The van der Waals surface area contributed by atoms with Crippen molar-refractivity contribution in [2.75, 3.05) is 40.9 Å². The van der Waals surface area contributed by atoms with Crippen LogP contribution in [-0.4, -0.2) is 56.6 Å². The van der Waals surface area contributed by atoms with Crippen molar-refractivity contribution in [1.29, 1.82) is 0 Å². The van der Waals surface area contributed by atoms with Gasteiger partial charge in [0.15, 0.2) is 0 Å². The van der Waals surface area contributed by atoms with Crippen molar-refractivity contribution in [3.63, 3.8) is 0 Å². The molecule has 1 unspecified atom stereocenters. The zero-order valence-corrected chi connectivity index (χ0v) is 12.2. The summed E-state index contributed by atoms with van der Waals surface area (Å²) < 4.78 is 6.24. The predicted molar refractivity (Wildman–Crippen MR) is 69.9 cm³/mol. The Kier molecular flexibility index (Phi) is 8.20. The Morgan fingerprint density at radius 2 is 1.78 bits per heavy atom. The summed E-state index contributed by atoms with van der Waals surface area (Å²) in [6.45, 7) is 1.80. The number of quaternary nitrogens is 1. The highest BCUT2D eigenvalue weighted by atomic mass is 35.5. The third-order valence-corrected chi connectivity index (χ3v) is 2.45. The molecule has 0 heterocycles. The summed E-state index contributed by atoms with van der Waals surface area (Å²) in [5.41, 5.74) is 1.27. The third-order valence-electron chi connectivity index (χ3n) is 2.45. The highest BCUT2D eigenvalue weighted by molar-refractivity contribution is 5.14. The summed E-state index contributed by atoms with van der Waals surface area (Å²) in [6, 6.07) is 10.2. The monoisotopic (exact) mass is 273 g/mol. The number of aliphatic hydroxyl groups is 1. The number of nitrogens with zero attached hydrogens (tertiary/aromatic N) is 1. The quantitative estimate of drug-likeness (QED) is 0.475. The molecule has 0 aliphatic rings. The van der Waals surface area contributed by atoms with E-state index in [4.69, 9.17) is 4.74 Å². The van der Waals surface area contributed by atoms with E-state index in [9.17, 15) is 5.11 Å². The second-order valence-electron chi connectivity index (χ2n) is 5.44. The number of aliphatic hydroxyl groups excluding tert-OH is 1. The molecule has 4 heteroatoms. The van der Waals surface area contributed by atoms with Crippen LogP contribution in [0.15, 0.2) is 30.3 Å². The molecule has 1 rings (SSSR count). The molecule has 0 aliphatic heterocycles. The van der Waals surface area contributed by atoms with Crippen molar-refractivity contribution in [3.05, 3.63) is 35.9 Å². The molecule has 0 amide bonds. The van der Waals surface area contributed by atoms with E-state index in [2.05, 4.69) is 33.3 Å². The molecule has 104 valence electrons. The van der Waals surface area contributed by atoms with Crippen LogP contribution >= 0.6 is 0 Å². The zero-order chi connectivity index (χ0) is 12.7. The molecule has 0 saturated carbocycles. The molecule has 1 atom stereocenters. The number of hydrogen-bond donors (Lipinski definition) is 1. The average Bonchev–Trinajstić information content (AvgIpc) is 2.23. The van der Waals surface area contributed by atoms with Gasteiger partial charge in [-0.3, -0.25) is 0 Å². The lowest BCUT2D eigenvalue weighted by Gasteiger charge is -2.26. The number of halogens is 1. The first-order valence-electron chi connectivity index (χ1n) is 6.07. The van der Waals surface area contributed by atoms with Gasteiger partial charge in [-0.25, -0.2) is 0 Å². The first-order valence-corrected chi connectivity index (χ1v) is 6.07. The number of benzene rings is 1. The Hall–Kier alpha value is -0.610. The van der Waals surface area contributed by atoms with Crippen LogP contribution in [0.25, 0.3) is 0 Å². The van der Waals surface area contributed by atoms with E-state index in [-0.39, 0.29) is 18.5 Å². The third kappa shape index (κ3) is 8.48. The summed E-state index contributed by atoms with van der Waals surface area (Å²) in [5.74, 6) is 0. The summed E-state index contributed by atoms with van der Waals surface area (Å²) in [7, 11) is 6.19. The molecule has 0 bridgehead atoms. The van der Waals surface area contributed by atoms with Crippen LogP contribution in [0.5, 0.6) is 0 Å². The van der Waals surface area contributed by atoms with E-state index in [1.165, 1.54) is 5.56 Å². The normalized spacial score (nSPS) is 12.9. The number of likely N-dealkylation sites (N-methyl/N-ethyl adjacent to an activating group) is 1. The minimum atomic E-state index is -0.384. The van der Waals surface area contributed by atoms with Gasteiger partial charge >= 0.3 is 0 Å². The summed E-state index contributed by atoms with van der Waals surface area (Å²) in [4.78, 5) is 0. The lowest BCUT2D eigenvalue weighted by molar-refractivity contribution is -0.873. The fourth-order valence-electron chi connectivity index (χ4n) is 1.74. The van der Waals surface area contributed by atoms with E-state index in [1.54, 1.807) is 0 Å². The molecule has 0 aromatic heterocycles. The van der Waals surface area contributed by atoms with Gasteiger partial charge in [-0.1, -0.05) is 30.3 Å². The Morgan fingerprint density at radius 1 is 1.17 bits per heavy atom. The average molecular weight is 274 g/mol. The maximum atomic E-state index is 9.74. The molecule has 0 spiro atoms. The highest BCUT2D eigenvalue weighted by Gasteiger charge is 2.15. The first-order chi connectivity index (χ1) is 7.97. The molecule has 18 heavy (non-hydrogen) atoms. The summed E-state index contributed by atoms with van der Waals surface area (Å²) >= 11 is 0. The summed E-state index contributed by atoms with van der Waals surface area (Å²) in [5, 5.41) is 9.74. The van der Waals surface area contributed by atoms with Gasteiger partial charge in [0, 0.05) is 0 Å². The van der Waals surface area contributed by atoms with Gasteiger partial charge < -0.3 is 26.7 Å². The minimum Gasteiger partial charge on any atom is -1.00 e. The molecule has 0 saturated heterocycles. The maximum absolute atomic E-state index is 9.74. The van der Waals surface area contributed by atoms with Crippen molar-refractivity contribution < 1.29 is 26.7 Å². The fourth-order valence-corrected chi connectivity index (χ4v) is 1.74. The topological polar surface area (TPSA) is 29.5 Å². The molecule has 1 aromatic rings. The molecule has 0 radical (unpaired) electrons. The lowest BCUT2D eigenvalue weighted by Crippen LogP contribution is -3.00. The van der Waals surface area contributed by atoms with Crippen LogP contribution in [0, 0.1) is 0 Å². The number of ether oxygens (including phenoxy) is 1. The predicted octanol–water partition coefficient (Wildman–Crippen LogP) is -1.68. The lowest BCUT2D eigenvalue weighted by atomic mass is 10.2. The van der Waals surface area contributed by atoms with E-state index in [0.717, 1.165) is 10.9 Å². The van der Waals surface area contributed by atoms with Crippen LogP contribution in [0.3, 0.4) is 0 Å². The highest BCUT2D eigenvalue weighted by Crippen LogP contribution is 2.00. The molecular formula is C14H24ClNO2. The first kappa shape index (κ1) is 17.4. The second kappa shape index (κ2) is 8.48. The standard InChI is InChI=1S/C14H24NO2.ClH/c1-15(2,3)11-14(16)12-17-10-9-13-7-5-4-6-8-13;/h4-8,14,16H,9-12H2,1-3H3;1H/q+1;/p-1. The maximum Gasteiger partial charge on any atom is 0.126 e. The van der Waals surface area contributed by atoms with Crippen molar-refractivity contribution in [2.24, 2.45) is 0 Å². The van der Waals surface area contributed by atoms with E-state index in [1.807, 2.05) is 18.2 Å². The summed E-state index contributed by atoms with van der Waals surface area (Å²) in [6.07, 6.45) is 0.517. The Morgan fingerprint density at radius 3 is 2.33 bits per heavy atom. The van der Waals surface area contributed by atoms with Crippen LogP contribution in [-0.2, 0) is 11.2 Å². The van der Waals surface area contributed by atoms with Gasteiger partial charge in [-0.05, 0) is 12.0 Å². The second-order valence-corrected chi connectivity index (χ2v) is 5.44. The molecule has 0 aliphatic carbocycles. The van der Waals surface area contributed by atoms with Gasteiger partial charge in [0.05, 0.1) is 34.4 Å². The van der Waals surface area contributed by atoms with Gasteiger partial charge in [-0.15, -0.1) is 0 Å². The molecule has 1 aromatic carbocycles. The number of hydrogen-bond acceptors (Lipinski definition) is 2.